The number of alkyl halides is 2. The molecule has 1 N–H and O–H groups in total. The number of benzene rings is 1. The van der Waals surface area contributed by atoms with Gasteiger partial charge in [-0.2, -0.15) is 0 Å². The van der Waals surface area contributed by atoms with E-state index in [9.17, 15) is 13.6 Å². The zero-order chi connectivity index (χ0) is 22.0. The van der Waals surface area contributed by atoms with Crippen LogP contribution in [0, 0.1) is 10.8 Å². The van der Waals surface area contributed by atoms with E-state index in [1.807, 2.05) is 18.3 Å². The van der Waals surface area contributed by atoms with E-state index in [0.717, 1.165) is 63.1 Å². The van der Waals surface area contributed by atoms with Crippen LogP contribution in [-0.4, -0.2) is 41.3 Å². The number of rotatable bonds is 3. The fourth-order valence-corrected chi connectivity index (χ4v) is 6.31. The molecule has 1 aromatic carbocycles. The van der Waals surface area contributed by atoms with Crippen LogP contribution >= 0.6 is 0 Å². The monoisotopic (exact) mass is 438 g/mol. The number of carbonyl (C=O) groups excluding carboxylic acids is 1. The minimum absolute atomic E-state index is 0.0268. The van der Waals surface area contributed by atoms with Gasteiger partial charge in [0.1, 0.15) is 5.82 Å². The number of para-hydroxylation sites is 2. The van der Waals surface area contributed by atoms with Gasteiger partial charge in [-0.1, -0.05) is 18.2 Å². The summed E-state index contributed by atoms with van der Waals surface area (Å²) in [5, 5.41) is 3.50. The second-order valence-corrected chi connectivity index (χ2v) is 10.3. The minimum atomic E-state index is -2.70. The second-order valence-electron chi connectivity index (χ2n) is 10.3. The predicted octanol–water partition coefficient (Wildman–Crippen LogP) is 4.96. The molecule has 0 atom stereocenters. The number of halogens is 2. The zero-order valence-corrected chi connectivity index (χ0v) is 18.1. The SMILES string of the molecule is O=C(N1CC(F)(F)C1)C12CCC(CN3Cc4cccnc4Nc4ccccc43)(CC1)CC2. The lowest BCUT2D eigenvalue weighted by atomic mass is 9.53. The van der Waals surface area contributed by atoms with E-state index in [0.29, 0.717) is 0 Å². The van der Waals surface area contributed by atoms with E-state index in [-0.39, 0.29) is 11.3 Å². The highest BCUT2D eigenvalue weighted by Crippen LogP contribution is 2.58. The Morgan fingerprint density at radius 3 is 2.44 bits per heavy atom. The first-order valence-electron chi connectivity index (χ1n) is 11.6. The van der Waals surface area contributed by atoms with Gasteiger partial charge in [0, 0.05) is 30.3 Å². The molecule has 7 rings (SSSR count). The molecular formula is C25H28F2N4O. The summed E-state index contributed by atoms with van der Waals surface area (Å²) in [4.78, 5) is 21.4. The van der Waals surface area contributed by atoms with Gasteiger partial charge in [-0.25, -0.2) is 13.8 Å². The van der Waals surface area contributed by atoms with Crippen molar-refractivity contribution in [2.24, 2.45) is 10.8 Å². The first-order chi connectivity index (χ1) is 15.4. The van der Waals surface area contributed by atoms with Crippen LogP contribution in [0.1, 0.15) is 44.1 Å². The minimum Gasteiger partial charge on any atom is -0.365 e. The highest BCUT2D eigenvalue weighted by Gasteiger charge is 2.57. The predicted molar refractivity (Wildman–Crippen MR) is 119 cm³/mol. The Kier molecular flexibility index (Phi) is 4.30. The van der Waals surface area contributed by atoms with Crippen molar-refractivity contribution in [1.29, 1.82) is 0 Å². The topological polar surface area (TPSA) is 48.5 Å². The van der Waals surface area contributed by atoms with Crippen molar-refractivity contribution in [2.75, 3.05) is 29.9 Å². The van der Waals surface area contributed by atoms with E-state index in [1.54, 1.807) is 0 Å². The normalized spacial score (nSPS) is 29.9. The van der Waals surface area contributed by atoms with Crippen LogP contribution in [0.4, 0.5) is 26.0 Å². The molecule has 2 bridgehead atoms. The molecule has 1 saturated heterocycles. The maximum atomic E-state index is 13.3. The molecule has 5 nitrogen and oxygen atoms in total. The Bertz CT molecular complexity index is 1040. The number of fused-ring (bicyclic) bond motifs is 5. The third kappa shape index (κ3) is 3.16. The van der Waals surface area contributed by atoms with Crippen LogP contribution in [0.5, 0.6) is 0 Å². The molecule has 3 aliphatic carbocycles. The molecule has 0 radical (unpaired) electrons. The molecule has 5 aliphatic rings. The van der Waals surface area contributed by atoms with E-state index >= 15 is 0 Å². The number of nitrogens with zero attached hydrogens (tertiary/aromatic N) is 3. The summed E-state index contributed by atoms with van der Waals surface area (Å²) in [5.74, 6) is -1.82. The number of likely N-dealkylation sites (tertiary alicyclic amines) is 1. The average Bonchev–Trinajstić information content (AvgIpc) is 2.94. The number of pyridine rings is 1. The average molecular weight is 439 g/mol. The summed E-state index contributed by atoms with van der Waals surface area (Å²) >= 11 is 0. The first-order valence-corrected chi connectivity index (χ1v) is 11.6. The number of aromatic nitrogens is 1. The molecule has 7 heteroatoms. The summed E-state index contributed by atoms with van der Waals surface area (Å²) in [6.45, 7) is 0.932. The fraction of sp³-hybridized carbons (Fsp3) is 0.520. The van der Waals surface area contributed by atoms with Gasteiger partial charge in [0.15, 0.2) is 0 Å². The summed E-state index contributed by atoms with van der Waals surface area (Å²) < 4.78 is 26.7. The van der Waals surface area contributed by atoms with Gasteiger partial charge in [0.05, 0.1) is 24.5 Å². The fourth-order valence-electron chi connectivity index (χ4n) is 6.31. The number of amides is 1. The molecule has 2 aliphatic heterocycles. The van der Waals surface area contributed by atoms with Crippen LogP contribution in [0.2, 0.25) is 0 Å². The van der Waals surface area contributed by atoms with Gasteiger partial charge < -0.3 is 15.1 Å². The molecule has 0 unspecified atom stereocenters. The molecule has 4 fully saturated rings. The van der Waals surface area contributed by atoms with E-state index < -0.39 is 24.4 Å². The van der Waals surface area contributed by atoms with E-state index in [4.69, 9.17) is 0 Å². The van der Waals surface area contributed by atoms with Crippen molar-refractivity contribution in [3.8, 4) is 0 Å². The number of anilines is 3. The molecule has 1 aromatic heterocycles. The number of hydrogen-bond acceptors (Lipinski definition) is 4. The van der Waals surface area contributed by atoms with Gasteiger partial charge in [0.25, 0.3) is 5.92 Å². The van der Waals surface area contributed by atoms with Gasteiger partial charge >= 0.3 is 0 Å². The molecule has 1 amide bonds. The Balaban J connectivity index is 1.22. The summed E-state index contributed by atoms with van der Waals surface area (Å²) in [6.07, 6.45) is 7.22. The quantitative estimate of drug-likeness (QED) is 0.736. The van der Waals surface area contributed by atoms with Crippen LogP contribution in [0.25, 0.3) is 0 Å². The van der Waals surface area contributed by atoms with Crippen molar-refractivity contribution < 1.29 is 13.6 Å². The number of carbonyl (C=O) groups is 1. The van der Waals surface area contributed by atoms with Crippen molar-refractivity contribution in [3.63, 3.8) is 0 Å². The van der Waals surface area contributed by atoms with Crippen molar-refractivity contribution >= 4 is 23.1 Å². The van der Waals surface area contributed by atoms with Gasteiger partial charge in [-0.05, 0) is 62.1 Å². The first kappa shape index (κ1) is 19.9. The molecule has 168 valence electrons. The van der Waals surface area contributed by atoms with Crippen LogP contribution in [-0.2, 0) is 11.3 Å². The third-order valence-corrected chi connectivity index (χ3v) is 8.26. The van der Waals surface area contributed by atoms with Gasteiger partial charge in [-0.15, -0.1) is 0 Å². The molecule has 2 aromatic rings. The smallest absolute Gasteiger partial charge is 0.282 e. The van der Waals surface area contributed by atoms with Crippen molar-refractivity contribution in [2.45, 2.75) is 51.0 Å². The molecule has 3 saturated carbocycles. The Morgan fingerprint density at radius 2 is 1.72 bits per heavy atom. The highest BCUT2D eigenvalue weighted by molar-refractivity contribution is 5.84. The van der Waals surface area contributed by atoms with E-state index in [2.05, 4.69) is 39.5 Å². The maximum absolute atomic E-state index is 13.3. The van der Waals surface area contributed by atoms with Gasteiger partial charge in [-0.3, -0.25) is 4.79 Å². The molecule has 3 heterocycles. The van der Waals surface area contributed by atoms with Crippen molar-refractivity contribution in [1.82, 2.24) is 9.88 Å². The lowest BCUT2D eigenvalue weighted by Crippen LogP contribution is -2.63. The zero-order valence-electron chi connectivity index (χ0n) is 18.1. The Morgan fingerprint density at radius 1 is 1.00 bits per heavy atom. The molecular weight excluding hydrogens is 410 g/mol. The largest absolute Gasteiger partial charge is 0.365 e. The Labute approximate surface area is 186 Å². The van der Waals surface area contributed by atoms with Gasteiger partial charge in [0.2, 0.25) is 5.91 Å². The summed E-state index contributed by atoms with van der Waals surface area (Å²) in [6, 6.07) is 12.5. The highest BCUT2D eigenvalue weighted by atomic mass is 19.3. The van der Waals surface area contributed by atoms with Crippen LogP contribution < -0.4 is 10.2 Å². The molecule has 0 spiro atoms. The van der Waals surface area contributed by atoms with Crippen LogP contribution in [0.3, 0.4) is 0 Å². The number of hydrogen-bond donors (Lipinski definition) is 1. The second kappa shape index (κ2) is 6.90. The summed E-state index contributed by atoms with van der Waals surface area (Å²) in [5.41, 5.74) is 3.18. The van der Waals surface area contributed by atoms with E-state index in [1.165, 1.54) is 16.2 Å². The van der Waals surface area contributed by atoms with Crippen molar-refractivity contribution in [3.05, 3.63) is 48.2 Å². The Hall–Kier alpha value is -2.70. The molecule has 32 heavy (non-hydrogen) atoms. The van der Waals surface area contributed by atoms with Crippen LogP contribution in [0.15, 0.2) is 42.6 Å². The summed E-state index contributed by atoms with van der Waals surface area (Å²) in [7, 11) is 0. The maximum Gasteiger partial charge on any atom is 0.282 e. The lowest BCUT2D eigenvalue weighted by molar-refractivity contribution is -0.182. The third-order valence-electron chi connectivity index (χ3n) is 8.26. The lowest BCUT2D eigenvalue weighted by Gasteiger charge is -2.56. The number of nitrogens with one attached hydrogen (secondary N) is 1. The standard InChI is InChI=1S/C25H28F2N4O/c26-25(27)16-31(17-25)22(32)24-10-7-23(8-11-24,9-12-24)15-30-14-18-4-3-13-28-21(18)29-19-5-1-2-6-20(19)30/h1-6,13H,7-12,14-17H2,(H,28,29).